The Morgan fingerprint density at radius 3 is 2.48 bits per heavy atom. The Balaban J connectivity index is 1.42. The predicted molar refractivity (Wildman–Crippen MR) is 115 cm³/mol. The summed E-state index contributed by atoms with van der Waals surface area (Å²) in [4.78, 5) is 11.9. The van der Waals surface area contributed by atoms with E-state index >= 15 is 0 Å². The highest BCUT2D eigenvalue weighted by Crippen LogP contribution is 2.31. The lowest BCUT2D eigenvalue weighted by Crippen LogP contribution is -2.33. The smallest absolute Gasteiger partial charge is 0.389 e. The summed E-state index contributed by atoms with van der Waals surface area (Å²) < 4.78 is 23.1. The van der Waals surface area contributed by atoms with Crippen molar-refractivity contribution >= 4 is 16.8 Å². The van der Waals surface area contributed by atoms with Gasteiger partial charge in [-0.1, -0.05) is 0 Å². The average Bonchev–Trinajstić information content (AvgIpc) is 3.21. The highest BCUT2D eigenvalue weighted by Gasteiger charge is 2.26. The summed E-state index contributed by atoms with van der Waals surface area (Å²) in [6.45, 7) is 2.32. The largest absolute Gasteiger partial charge is 0.491 e. The first-order valence-corrected chi connectivity index (χ1v) is 10.4. The molecule has 2 heterocycles. The Hall–Kier alpha value is -3.22. The zero-order valence-electron chi connectivity index (χ0n) is 17.7. The Morgan fingerprint density at radius 2 is 1.82 bits per heavy atom. The third kappa shape index (κ3) is 5.59. The Kier molecular flexibility index (Phi) is 6.77. The van der Waals surface area contributed by atoms with E-state index in [1.54, 1.807) is 24.3 Å². The summed E-state index contributed by atoms with van der Waals surface area (Å²) in [6.07, 6.45) is 0.0180. The van der Waals surface area contributed by atoms with Crippen molar-refractivity contribution in [1.29, 1.82) is 0 Å². The topological polar surface area (TPSA) is 159 Å². The van der Waals surface area contributed by atoms with Crippen LogP contribution in [0.15, 0.2) is 42.6 Å². The standard InChI is InChI=1S/C22H25N3O8/c23-21(26)18-11-14-13-24-25(22(27,28)29)19(14)12-20(18)33-17-3-1-15(2-4-17)31-9-10-32-16-5-7-30-8-6-16/h1-4,11-13,16,27-29H,5-10H2,(H2,23,26). The van der Waals surface area contributed by atoms with Crippen molar-refractivity contribution in [3.8, 4) is 17.2 Å². The quantitative estimate of drug-likeness (QED) is 0.271. The molecule has 0 aliphatic carbocycles. The van der Waals surface area contributed by atoms with E-state index < -0.39 is 12.0 Å². The van der Waals surface area contributed by atoms with Gasteiger partial charge in [0.2, 0.25) is 0 Å². The number of carbonyl (C=O) groups excluding carboxylic acids is 1. The van der Waals surface area contributed by atoms with Crippen molar-refractivity contribution < 1.29 is 39.1 Å². The molecule has 0 atom stereocenters. The number of aromatic nitrogens is 2. The van der Waals surface area contributed by atoms with Crippen LogP contribution in [0.5, 0.6) is 17.2 Å². The van der Waals surface area contributed by atoms with Crippen molar-refractivity contribution in [3.63, 3.8) is 0 Å². The number of primary amides is 1. The molecule has 0 unspecified atom stereocenters. The van der Waals surface area contributed by atoms with E-state index in [1.165, 1.54) is 18.3 Å². The van der Waals surface area contributed by atoms with E-state index in [9.17, 15) is 20.1 Å². The molecule has 1 aliphatic heterocycles. The third-order valence-corrected chi connectivity index (χ3v) is 5.14. The summed E-state index contributed by atoms with van der Waals surface area (Å²) in [7, 11) is 0. The van der Waals surface area contributed by atoms with Crippen LogP contribution in [0.2, 0.25) is 0 Å². The number of amides is 1. The van der Waals surface area contributed by atoms with Gasteiger partial charge in [0.05, 0.1) is 30.0 Å². The van der Waals surface area contributed by atoms with E-state index in [1.807, 2.05) is 0 Å². The minimum atomic E-state index is -3.22. The van der Waals surface area contributed by atoms with Gasteiger partial charge in [-0.15, -0.1) is 0 Å². The molecule has 2 aromatic carbocycles. The molecule has 1 aliphatic rings. The van der Waals surface area contributed by atoms with Gasteiger partial charge in [-0.2, -0.15) is 9.78 Å². The fraction of sp³-hybridized carbons (Fsp3) is 0.364. The van der Waals surface area contributed by atoms with E-state index in [2.05, 4.69) is 5.10 Å². The fourth-order valence-corrected chi connectivity index (χ4v) is 3.52. The second-order valence-corrected chi connectivity index (χ2v) is 7.53. The second kappa shape index (κ2) is 9.73. The molecule has 1 saturated heterocycles. The molecule has 1 aromatic heterocycles. The molecule has 5 N–H and O–H groups in total. The molecule has 11 nitrogen and oxygen atoms in total. The van der Waals surface area contributed by atoms with Crippen molar-refractivity contribution in [3.05, 3.63) is 48.2 Å². The lowest BCUT2D eigenvalue weighted by molar-refractivity contribution is -0.378. The fourth-order valence-electron chi connectivity index (χ4n) is 3.52. The summed E-state index contributed by atoms with van der Waals surface area (Å²) in [5, 5.41) is 32.5. The van der Waals surface area contributed by atoms with Gasteiger partial charge in [-0.25, -0.2) is 0 Å². The third-order valence-electron chi connectivity index (χ3n) is 5.14. The monoisotopic (exact) mass is 459 g/mol. The van der Waals surface area contributed by atoms with Crippen LogP contribution in [-0.4, -0.2) is 63.5 Å². The van der Waals surface area contributed by atoms with Crippen molar-refractivity contribution in [2.24, 2.45) is 5.73 Å². The summed E-state index contributed by atoms with van der Waals surface area (Å²) in [5.41, 5.74) is 5.64. The number of hydrogen-bond donors (Lipinski definition) is 4. The first kappa shape index (κ1) is 23.0. The van der Waals surface area contributed by atoms with E-state index in [4.69, 9.17) is 24.7 Å². The van der Waals surface area contributed by atoms with E-state index in [-0.39, 0.29) is 22.9 Å². The van der Waals surface area contributed by atoms with Gasteiger partial charge in [0.15, 0.2) is 0 Å². The Morgan fingerprint density at radius 1 is 1.12 bits per heavy atom. The zero-order valence-corrected chi connectivity index (χ0v) is 17.7. The van der Waals surface area contributed by atoms with Gasteiger partial charge in [0.25, 0.3) is 5.91 Å². The highest BCUT2D eigenvalue weighted by molar-refractivity contribution is 6.00. The van der Waals surface area contributed by atoms with E-state index in [0.29, 0.717) is 34.8 Å². The van der Waals surface area contributed by atoms with Crippen LogP contribution in [0.25, 0.3) is 10.9 Å². The molecule has 1 fully saturated rings. The molecule has 176 valence electrons. The second-order valence-electron chi connectivity index (χ2n) is 7.53. The lowest BCUT2D eigenvalue weighted by atomic mass is 10.1. The van der Waals surface area contributed by atoms with Crippen LogP contribution >= 0.6 is 0 Å². The first-order valence-electron chi connectivity index (χ1n) is 10.4. The molecule has 11 heteroatoms. The number of rotatable bonds is 9. The maximum atomic E-state index is 11.9. The van der Waals surface area contributed by atoms with Gasteiger partial charge >= 0.3 is 6.10 Å². The minimum absolute atomic E-state index is 0.0551. The Bertz CT molecular complexity index is 1100. The van der Waals surface area contributed by atoms with Crippen LogP contribution < -0.4 is 15.2 Å². The van der Waals surface area contributed by atoms with Gasteiger partial charge in [-0.3, -0.25) is 4.79 Å². The van der Waals surface area contributed by atoms with Crippen LogP contribution in [0.3, 0.4) is 0 Å². The van der Waals surface area contributed by atoms with Crippen molar-refractivity contribution in [1.82, 2.24) is 9.78 Å². The van der Waals surface area contributed by atoms with Crippen molar-refractivity contribution in [2.75, 3.05) is 26.4 Å². The van der Waals surface area contributed by atoms with E-state index in [0.717, 1.165) is 26.1 Å². The molecular formula is C22H25N3O8. The minimum Gasteiger partial charge on any atom is -0.491 e. The first-order chi connectivity index (χ1) is 15.8. The van der Waals surface area contributed by atoms with Gasteiger partial charge in [0.1, 0.15) is 23.9 Å². The summed E-state index contributed by atoms with van der Waals surface area (Å²) in [5.74, 6) is 0.316. The highest BCUT2D eigenvalue weighted by atomic mass is 16.7. The number of nitrogens with two attached hydrogens (primary N) is 1. The van der Waals surface area contributed by atoms with Crippen LogP contribution in [0.4, 0.5) is 0 Å². The number of nitrogens with zero attached hydrogens (tertiary/aromatic N) is 2. The molecule has 4 rings (SSSR count). The molecule has 33 heavy (non-hydrogen) atoms. The van der Waals surface area contributed by atoms with Crippen LogP contribution in [0, 0.1) is 0 Å². The molecule has 0 spiro atoms. The molecule has 0 bridgehead atoms. The normalized spacial score (nSPS) is 15.0. The molecule has 0 radical (unpaired) electrons. The predicted octanol–water partition coefficient (Wildman–Crippen LogP) is 1.05. The molecular weight excluding hydrogens is 434 g/mol. The number of fused-ring (bicyclic) bond motifs is 1. The van der Waals surface area contributed by atoms with Crippen molar-refractivity contribution in [2.45, 2.75) is 25.0 Å². The Labute approximate surface area is 188 Å². The van der Waals surface area contributed by atoms with Gasteiger partial charge in [-0.05, 0) is 43.2 Å². The molecule has 3 aromatic rings. The number of benzene rings is 2. The maximum absolute atomic E-state index is 11.9. The average molecular weight is 459 g/mol. The summed E-state index contributed by atoms with van der Waals surface area (Å²) >= 11 is 0. The number of ether oxygens (including phenoxy) is 4. The van der Waals surface area contributed by atoms with Crippen LogP contribution in [-0.2, 0) is 15.6 Å². The lowest BCUT2D eigenvalue weighted by Gasteiger charge is -2.22. The van der Waals surface area contributed by atoms with Crippen LogP contribution in [0.1, 0.15) is 23.2 Å². The number of carbonyl (C=O) groups is 1. The van der Waals surface area contributed by atoms with Gasteiger partial charge in [0, 0.05) is 24.7 Å². The number of hydrogen-bond acceptors (Lipinski definition) is 9. The SMILES string of the molecule is NC(=O)c1cc2cnn(C(O)(O)O)c2cc1Oc1ccc(OCCOC2CCOCC2)cc1. The molecule has 1 amide bonds. The summed E-state index contributed by atoms with van der Waals surface area (Å²) in [6, 6.07) is 9.42. The maximum Gasteiger partial charge on any atom is 0.389 e. The molecule has 0 saturated carbocycles. The zero-order chi connectivity index (χ0) is 23.4. The number of aliphatic hydroxyl groups is 3. The van der Waals surface area contributed by atoms with Gasteiger partial charge < -0.3 is 40.0 Å².